The van der Waals surface area contributed by atoms with Gasteiger partial charge in [-0.1, -0.05) is 18.2 Å². The lowest BCUT2D eigenvalue weighted by Gasteiger charge is -2.30. The zero-order valence-corrected chi connectivity index (χ0v) is 24.4. The van der Waals surface area contributed by atoms with Gasteiger partial charge in [-0.05, 0) is 39.8 Å². The molecule has 0 amide bonds. The van der Waals surface area contributed by atoms with Gasteiger partial charge in [-0.15, -0.1) is 0 Å². The second-order valence-corrected chi connectivity index (χ2v) is 11.5. The van der Waals surface area contributed by atoms with E-state index in [1.807, 2.05) is 0 Å². The number of aliphatic hydroxyl groups excluding tert-OH is 1. The molecule has 2 aromatic heterocycles. The number of halogens is 1. The van der Waals surface area contributed by atoms with E-state index in [4.69, 9.17) is 23.3 Å². The maximum absolute atomic E-state index is 15.6. The molecule has 1 saturated heterocycles. The quantitative estimate of drug-likeness (QED) is 0.206. The molecule has 3 heterocycles. The van der Waals surface area contributed by atoms with Gasteiger partial charge in [0, 0.05) is 7.05 Å². The zero-order valence-electron chi connectivity index (χ0n) is 23.5. The normalized spacial score (nSPS) is 24.7. The number of anilines is 1. The number of hydrogen-bond donors (Lipinski definition) is 3. The Morgan fingerprint density at radius 3 is 2.61 bits per heavy atom. The number of methoxy groups -OCH3 is 1. The van der Waals surface area contributed by atoms with E-state index in [-0.39, 0.29) is 17.4 Å². The molecule has 1 fully saturated rings. The van der Waals surface area contributed by atoms with Crippen molar-refractivity contribution in [1.29, 1.82) is 0 Å². The van der Waals surface area contributed by atoms with E-state index in [9.17, 15) is 14.5 Å². The molecule has 1 aromatic carbocycles. The Hall–Kier alpha value is -3.36. The van der Waals surface area contributed by atoms with Gasteiger partial charge in [0.25, 0.3) is 0 Å². The predicted octanol–water partition coefficient (Wildman–Crippen LogP) is 3.00. The summed E-state index contributed by atoms with van der Waals surface area (Å²) < 4.78 is 58.4. The van der Waals surface area contributed by atoms with Crippen molar-refractivity contribution in [2.45, 2.75) is 63.9 Å². The number of ether oxygens (including phenoxy) is 3. The Bertz CT molecular complexity index is 1410. The Morgan fingerprint density at radius 1 is 1.27 bits per heavy atom. The summed E-state index contributed by atoms with van der Waals surface area (Å²) in [5.41, 5.74) is -1.18. The molecule has 1 aliphatic heterocycles. The van der Waals surface area contributed by atoms with E-state index in [0.29, 0.717) is 11.3 Å². The lowest BCUT2D eigenvalue weighted by Crippen LogP contribution is -2.44. The summed E-state index contributed by atoms with van der Waals surface area (Å²) in [5.74, 6) is -0.148. The fourth-order valence-electron chi connectivity index (χ4n) is 4.13. The SMILES string of the molecule is CNc1nc(OC)nc2c1ncn2[C@@H]1O[C@](C)(CO[P@@](=O)(N[C@@H](C)C(=O)OC(C)C)Oc2ccccc2)[C@@H](O)[C@H]1F. The highest BCUT2D eigenvalue weighted by atomic mass is 31.2. The van der Waals surface area contributed by atoms with Gasteiger partial charge in [-0.25, -0.2) is 13.9 Å². The first-order valence-electron chi connectivity index (χ1n) is 12.8. The lowest BCUT2D eigenvalue weighted by molar-refractivity contribution is -0.149. The lowest BCUT2D eigenvalue weighted by atomic mass is 9.99. The molecule has 0 bridgehead atoms. The van der Waals surface area contributed by atoms with Crippen LogP contribution >= 0.6 is 7.75 Å². The molecule has 224 valence electrons. The van der Waals surface area contributed by atoms with Crippen LogP contribution in [0.5, 0.6) is 11.8 Å². The number of benzene rings is 1. The van der Waals surface area contributed by atoms with Gasteiger partial charge < -0.3 is 29.2 Å². The molecule has 0 unspecified atom stereocenters. The number of imidazole rings is 1. The molecule has 41 heavy (non-hydrogen) atoms. The Kier molecular flexibility index (Phi) is 9.14. The second-order valence-electron chi connectivity index (χ2n) is 9.85. The molecule has 3 aromatic rings. The number of aliphatic hydroxyl groups is 1. The van der Waals surface area contributed by atoms with Crippen molar-refractivity contribution in [1.82, 2.24) is 24.6 Å². The number of esters is 1. The second kappa shape index (κ2) is 12.2. The van der Waals surface area contributed by atoms with Gasteiger partial charge >= 0.3 is 19.7 Å². The fourth-order valence-corrected chi connectivity index (χ4v) is 5.71. The first-order chi connectivity index (χ1) is 19.4. The van der Waals surface area contributed by atoms with Crippen LogP contribution in [-0.4, -0.2) is 81.4 Å². The molecule has 1 aliphatic rings. The van der Waals surface area contributed by atoms with Gasteiger partial charge in [0.05, 0.1) is 26.1 Å². The van der Waals surface area contributed by atoms with Crippen molar-refractivity contribution in [3.63, 3.8) is 0 Å². The van der Waals surface area contributed by atoms with Crippen LogP contribution in [0.1, 0.15) is 33.9 Å². The Balaban J connectivity index is 1.58. The minimum Gasteiger partial charge on any atom is -0.467 e. The van der Waals surface area contributed by atoms with Crippen molar-refractivity contribution in [3.05, 3.63) is 36.7 Å². The number of alkyl halides is 1. The number of nitrogens with one attached hydrogen (secondary N) is 2. The standard InChI is InChI=1S/C25H34FN6O8P/c1-14(2)38-23(34)15(3)31-41(35,40-16-10-8-7-9-11-16)37-12-25(4)19(33)17(26)22(39-25)32-13-28-18-20(27-5)29-24(36-6)30-21(18)32/h7-11,13-15,17,19,22,33H,12H2,1-6H3,(H,31,35)(H,27,29,30)/t15-,17+,19-,22+,25+,41-/m0/s1. The molecule has 14 nitrogen and oxygen atoms in total. The maximum atomic E-state index is 15.6. The molecule has 4 rings (SSSR count). The summed E-state index contributed by atoms with van der Waals surface area (Å²) in [4.78, 5) is 25.1. The van der Waals surface area contributed by atoms with Crippen LogP contribution in [0.2, 0.25) is 0 Å². The highest BCUT2D eigenvalue weighted by Gasteiger charge is 2.55. The van der Waals surface area contributed by atoms with Crippen molar-refractivity contribution in [2.24, 2.45) is 0 Å². The average molecular weight is 597 g/mol. The zero-order chi connectivity index (χ0) is 29.9. The average Bonchev–Trinajstić information content (AvgIpc) is 3.46. The van der Waals surface area contributed by atoms with Crippen LogP contribution in [-0.2, 0) is 23.4 Å². The molecular weight excluding hydrogens is 562 g/mol. The maximum Gasteiger partial charge on any atom is 0.459 e. The molecular formula is C25H34FN6O8P. The first-order valence-corrected chi connectivity index (χ1v) is 14.4. The van der Waals surface area contributed by atoms with E-state index in [1.165, 1.54) is 31.9 Å². The van der Waals surface area contributed by atoms with Crippen LogP contribution in [0, 0.1) is 0 Å². The molecule has 0 radical (unpaired) electrons. The fraction of sp³-hybridized carbons (Fsp3) is 0.520. The molecule has 16 heteroatoms. The summed E-state index contributed by atoms with van der Waals surface area (Å²) in [5, 5.41) is 16.3. The number of carbonyl (C=O) groups excluding carboxylic acids is 1. The minimum absolute atomic E-state index is 0.0128. The van der Waals surface area contributed by atoms with Crippen molar-refractivity contribution >= 4 is 30.7 Å². The number of nitrogens with zero attached hydrogens (tertiary/aromatic N) is 4. The topological polar surface area (TPSA) is 168 Å². The van der Waals surface area contributed by atoms with Crippen LogP contribution in [0.15, 0.2) is 36.7 Å². The largest absolute Gasteiger partial charge is 0.467 e. The highest BCUT2D eigenvalue weighted by Crippen LogP contribution is 2.48. The van der Waals surface area contributed by atoms with Crippen molar-refractivity contribution < 1.29 is 42.1 Å². The Morgan fingerprint density at radius 2 is 1.98 bits per heavy atom. The van der Waals surface area contributed by atoms with E-state index in [2.05, 4.69) is 25.4 Å². The van der Waals surface area contributed by atoms with Gasteiger partial charge in [0.2, 0.25) is 0 Å². The molecule has 3 N–H and O–H groups in total. The third-order valence-corrected chi connectivity index (χ3v) is 7.85. The Labute approximate surface area is 236 Å². The summed E-state index contributed by atoms with van der Waals surface area (Å²) >= 11 is 0. The van der Waals surface area contributed by atoms with Gasteiger partial charge in [0.1, 0.15) is 23.5 Å². The monoisotopic (exact) mass is 596 g/mol. The third-order valence-electron chi connectivity index (χ3n) is 6.23. The molecule has 0 spiro atoms. The summed E-state index contributed by atoms with van der Waals surface area (Å²) in [6, 6.07) is 7.07. The number of fused-ring (bicyclic) bond motifs is 1. The van der Waals surface area contributed by atoms with E-state index in [1.54, 1.807) is 51.2 Å². The summed E-state index contributed by atoms with van der Waals surface area (Å²) in [6.07, 6.45) is -4.15. The predicted molar refractivity (Wildman–Crippen MR) is 145 cm³/mol. The molecule has 0 saturated carbocycles. The number of hydrogen-bond acceptors (Lipinski definition) is 12. The van der Waals surface area contributed by atoms with Crippen LogP contribution < -0.4 is 19.7 Å². The van der Waals surface area contributed by atoms with E-state index in [0.717, 1.165) is 0 Å². The number of rotatable bonds is 12. The van der Waals surface area contributed by atoms with Gasteiger partial charge in [-0.3, -0.25) is 13.9 Å². The number of carbonyl (C=O) groups is 1. The van der Waals surface area contributed by atoms with Crippen molar-refractivity contribution in [3.8, 4) is 11.8 Å². The third kappa shape index (κ3) is 6.60. The number of aromatic nitrogens is 4. The number of para-hydroxylation sites is 1. The summed E-state index contributed by atoms with van der Waals surface area (Å²) in [6.45, 7) is 5.61. The van der Waals surface area contributed by atoms with E-state index < -0.39 is 56.6 Å². The highest BCUT2D eigenvalue weighted by molar-refractivity contribution is 7.52. The van der Waals surface area contributed by atoms with Gasteiger partial charge in [0.15, 0.2) is 29.4 Å². The molecule has 6 atom stereocenters. The minimum atomic E-state index is -4.31. The van der Waals surface area contributed by atoms with Crippen molar-refractivity contribution in [2.75, 3.05) is 26.1 Å². The van der Waals surface area contributed by atoms with Gasteiger partial charge in [-0.2, -0.15) is 15.1 Å². The van der Waals surface area contributed by atoms with Crippen LogP contribution in [0.3, 0.4) is 0 Å². The molecule has 0 aliphatic carbocycles. The summed E-state index contributed by atoms with van der Waals surface area (Å²) in [7, 11) is -1.29. The van der Waals surface area contributed by atoms with Crippen LogP contribution in [0.25, 0.3) is 11.2 Å². The smallest absolute Gasteiger partial charge is 0.459 e. The van der Waals surface area contributed by atoms with E-state index >= 15 is 4.39 Å². The van der Waals surface area contributed by atoms with Crippen LogP contribution in [0.4, 0.5) is 10.2 Å². The first kappa shape index (κ1) is 30.6.